The van der Waals surface area contributed by atoms with Gasteiger partial charge in [0.15, 0.2) is 0 Å². The van der Waals surface area contributed by atoms with Crippen LogP contribution in [0.15, 0.2) is 47.8 Å². The summed E-state index contributed by atoms with van der Waals surface area (Å²) in [4.78, 5) is 0. The van der Waals surface area contributed by atoms with Crippen LogP contribution in [0.4, 0.5) is 0 Å². The minimum Gasteiger partial charge on any atom is -0.388 e. The van der Waals surface area contributed by atoms with Crippen molar-refractivity contribution >= 4 is 33.0 Å². The predicted molar refractivity (Wildman–Crippen MR) is 86.7 cm³/mol. The summed E-state index contributed by atoms with van der Waals surface area (Å²) < 4.78 is 1.26. The number of aliphatic hydroxyl groups excluding tert-OH is 1. The Morgan fingerprint density at radius 3 is 2.80 bits per heavy atom. The number of hydrogen-bond acceptors (Lipinski definition) is 2. The Morgan fingerprint density at radius 1 is 1.15 bits per heavy atom. The van der Waals surface area contributed by atoms with Crippen molar-refractivity contribution in [1.29, 1.82) is 0 Å². The van der Waals surface area contributed by atoms with Gasteiger partial charge in [0.25, 0.3) is 0 Å². The van der Waals surface area contributed by atoms with Crippen molar-refractivity contribution in [3.8, 4) is 0 Å². The summed E-state index contributed by atoms with van der Waals surface area (Å²) in [6.45, 7) is 1.95. The highest BCUT2D eigenvalue weighted by Crippen LogP contribution is 2.31. The van der Waals surface area contributed by atoms with Crippen LogP contribution in [0.1, 0.15) is 22.8 Å². The van der Waals surface area contributed by atoms with Gasteiger partial charge >= 0.3 is 0 Å². The van der Waals surface area contributed by atoms with E-state index in [1.165, 1.54) is 15.6 Å². The summed E-state index contributed by atoms with van der Waals surface area (Å²) in [5, 5.41) is 14.6. The highest BCUT2D eigenvalue weighted by molar-refractivity contribution is 7.17. The fourth-order valence-electron chi connectivity index (χ4n) is 2.49. The topological polar surface area (TPSA) is 20.2 Å². The molecule has 3 aromatic rings. The molecule has 102 valence electrons. The second-order valence-electron chi connectivity index (χ2n) is 4.93. The van der Waals surface area contributed by atoms with E-state index >= 15 is 0 Å². The van der Waals surface area contributed by atoms with Crippen molar-refractivity contribution in [3.05, 3.63) is 69.6 Å². The third-order valence-electron chi connectivity index (χ3n) is 3.64. The molecule has 1 heterocycles. The Balaban J connectivity index is 1.92. The average Bonchev–Trinajstić information content (AvgIpc) is 2.85. The van der Waals surface area contributed by atoms with Gasteiger partial charge in [0, 0.05) is 16.1 Å². The minimum atomic E-state index is -0.522. The Hall–Kier alpha value is -1.35. The van der Waals surface area contributed by atoms with E-state index in [9.17, 15) is 5.11 Å². The van der Waals surface area contributed by atoms with Gasteiger partial charge in [0.2, 0.25) is 0 Å². The highest BCUT2D eigenvalue weighted by atomic mass is 35.5. The van der Waals surface area contributed by atoms with E-state index in [-0.39, 0.29) is 0 Å². The van der Waals surface area contributed by atoms with Crippen LogP contribution in [-0.2, 0) is 6.42 Å². The molecule has 0 aliphatic carbocycles. The van der Waals surface area contributed by atoms with Gasteiger partial charge < -0.3 is 5.11 Å². The first-order chi connectivity index (χ1) is 9.66. The minimum absolute atomic E-state index is 0.522. The highest BCUT2D eigenvalue weighted by Gasteiger charge is 2.14. The molecular weight excluding hydrogens is 288 g/mol. The van der Waals surface area contributed by atoms with Crippen molar-refractivity contribution < 1.29 is 5.11 Å². The van der Waals surface area contributed by atoms with Gasteiger partial charge in [-0.2, -0.15) is 0 Å². The molecule has 0 spiro atoms. The largest absolute Gasteiger partial charge is 0.388 e. The molecule has 0 aliphatic rings. The normalized spacial score (nSPS) is 12.8. The molecule has 1 unspecified atom stereocenters. The number of aliphatic hydroxyl groups is 1. The number of rotatable bonds is 3. The number of hydrogen-bond donors (Lipinski definition) is 1. The summed E-state index contributed by atoms with van der Waals surface area (Å²) in [5.41, 5.74) is 3.06. The molecule has 1 aromatic heterocycles. The summed E-state index contributed by atoms with van der Waals surface area (Å²) in [7, 11) is 0. The summed E-state index contributed by atoms with van der Waals surface area (Å²) in [6.07, 6.45) is 0.0947. The molecule has 1 nitrogen and oxygen atoms in total. The van der Waals surface area contributed by atoms with Gasteiger partial charge in [-0.3, -0.25) is 0 Å². The Morgan fingerprint density at radius 2 is 1.95 bits per heavy atom. The third kappa shape index (κ3) is 2.47. The van der Waals surface area contributed by atoms with Crippen molar-refractivity contribution in [1.82, 2.24) is 0 Å². The fraction of sp³-hybridized carbons (Fsp3) is 0.176. The average molecular weight is 303 g/mol. The molecule has 0 aliphatic heterocycles. The van der Waals surface area contributed by atoms with Gasteiger partial charge in [0.05, 0.1) is 6.10 Å². The van der Waals surface area contributed by atoms with Crippen LogP contribution < -0.4 is 0 Å². The van der Waals surface area contributed by atoms with E-state index < -0.39 is 6.10 Å². The standard InChI is InChI=1S/C17H15ClOS/c1-11-13(6-4-7-15(11)18)16(19)9-12-10-20-17-8-3-2-5-14(12)17/h2-8,10,16,19H,9H2,1H3. The zero-order valence-electron chi connectivity index (χ0n) is 11.1. The van der Waals surface area contributed by atoms with E-state index in [1.807, 2.05) is 37.3 Å². The molecule has 2 aromatic carbocycles. The maximum atomic E-state index is 10.5. The van der Waals surface area contributed by atoms with Crippen molar-refractivity contribution in [3.63, 3.8) is 0 Å². The van der Waals surface area contributed by atoms with Crippen LogP contribution >= 0.6 is 22.9 Å². The maximum Gasteiger partial charge on any atom is 0.0833 e. The first kappa shape index (κ1) is 13.6. The lowest BCUT2D eigenvalue weighted by molar-refractivity contribution is 0.178. The number of thiophene rings is 1. The second kappa shape index (κ2) is 5.57. The summed E-state index contributed by atoms with van der Waals surface area (Å²) in [5.74, 6) is 0. The lowest BCUT2D eigenvalue weighted by Gasteiger charge is -2.14. The molecule has 0 bridgehead atoms. The Bertz CT molecular complexity index is 748. The van der Waals surface area contributed by atoms with Gasteiger partial charge in [-0.15, -0.1) is 11.3 Å². The molecular formula is C17H15ClOS. The molecule has 3 rings (SSSR count). The van der Waals surface area contributed by atoms with Gasteiger partial charge in [-0.05, 0) is 46.5 Å². The molecule has 1 atom stereocenters. The van der Waals surface area contributed by atoms with Crippen LogP contribution in [0.2, 0.25) is 5.02 Å². The predicted octanol–water partition coefficient (Wildman–Crippen LogP) is 5.14. The van der Waals surface area contributed by atoms with E-state index in [2.05, 4.69) is 17.5 Å². The number of fused-ring (bicyclic) bond motifs is 1. The molecule has 0 fully saturated rings. The van der Waals surface area contributed by atoms with Crippen molar-refractivity contribution in [2.75, 3.05) is 0 Å². The van der Waals surface area contributed by atoms with E-state index in [4.69, 9.17) is 11.6 Å². The van der Waals surface area contributed by atoms with E-state index in [1.54, 1.807) is 11.3 Å². The second-order valence-corrected chi connectivity index (χ2v) is 6.25. The SMILES string of the molecule is Cc1c(Cl)cccc1C(O)Cc1csc2ccccc12. The van der Waals surface area contributed by atoms with Crippen molar-refractivity contribution in [2.24, 2.45) is 0 Å². The molecule has 0 radical (unpaired) electrons. The monoisotopic (exact) mass is 302 g/mol. The molecule has 0 saturated carbocycles. The van der Waals surface area contributed by atoms with Crippen LogP contribution in [0.3, 0.4) is 0 Å². The van der Waals surface area contributed by atoms with Crippen LogP contribution in [0.25, 0.3) is 10.1 Å². The van der Waals surface area contributed by atoms with E-state index in [0.29, 0.717) is 11.4 Å². The van der Waals surface area contributed by atoms with Gasteiger partial charge in [-0.25, -0.2) is 0 Å². The smallest absolute Gasteiger partial charge is 0.0833 e. The lowest BCUT2D eigenvalue weighted by Crippen LogP contribution is -2.03. The van der Waals surface area contributed by atoms with E-state index in [0.717, 1.165) is 11.1 Å². The maximum absolute atomic E-state index is 10.5. The zero-order valence-corrected chi connectivity index (χ0v) is 12.7. The molecule has 1 N–H and O–H groups in total. The number of halogens is 1. The van der Waals surface area contributed by atoms with Crippen LogP contribution in [-0.4, -0.2) is 5.11 Å². The molecule has 0 amide bonds. The summed E-state index contributed by atoms with van der Waals surface area (Å²) >= 11 is 7.85. The lowest BCUT2D eigenvalue weighted by atomic mass is 9.97. The van der Waals surface area contributed by atoms with Gasteiger partial charge in [0.1, 0.15) is 0 Å². The Kier molecular flexibility index (Phi) is 3.79. The third-order valence-corrected chi connectivity index (χ3v) is 5.06. The first-order valence-corrected chi connectivity index (χ1v) is 7.81. The van der Waals surface area contributed by atoms with Gasteiger partial charge in [-0.1, -0.05) is 41.9 Å². The Labute approximate surface area is 127 Å². The van der Waals surface area contributed by atoms with Crippen LogP contribution in [0.5, 0.6) is 0 Å². The fourth-order valence-corrected chi connectivity index (χ4v) is 3.65. The molecule has 20 heavy (non-hydrogen) atoms. The summed E-state index contributed by atoms with van der Waals surface area (Å²) in [6, 6.07) is 14.0. The van der Waals surface area contributed by atoms with Crippen LogP contribution in [0, 0.1) is 6.92 Å². The van der Waals surface area contributed by atoms with Crippen molar-refractivity contribution in [2.45, 2.75) is 19.4 Å². The quantitative estimate of drug-likeness (QED) is 0.710. The number of benzene rings is 2. The molecule has 0 saturated heterocycles. The first-order valence-electron chi connectivity index (χ1n) is 6.55. The molecule has 3 heteroatoms. The zero-order chi connectivity index (χ0) is 14.1.